The Bertz CT molecular complexity index is 557. The molecule has 0 fully saturated rings. The molecule has 2 aromatic rings. The van der Waals surface area contributed by atoms with Gasteiger partial charge in [0.1, 0.15) is 10.8 Å². The van der Waals surface area contributed by atoms with Gasteiger partial charge >= 0.3 is 0 Å². The summed E-state index contributed by atoms with van der Waals surface area (Å²) in [6.45, 7) is 1.49. The van der Waals surface area contributed by atoms with Crippen LogP contribution in [-0.2, 0) is 0 Å². The number of ketones is 1. The zero-order valence-electron chi connectivity index (χ0n) is 9.18. The number of nitrogens with zero attached hydrogens (tertiary/aromatic N) is 1. The lowest BCUT2D eigenvalue weighted by molar-refractivity contribution is 0.101. The molecule has 0 spiro atoms. The second-order valence-corrected chi connectivity index (χ2v) is 4.53. The van der Waals surface area contributed by atoms with E-state index in [1.165, 1.54) is 30.8 Å². The Morgan fingerprint density at radius 3 is 2.82 bits per heavy atom. The van der Waals surface area contributed by atoms with E-state index in [9.17, 15) is 9.18 Å². The Balaban J connectivity index is 2.33. The van der Waals surface area contributed by atoms with Crippen molar-refractivity contribution in [2.75, 3.05) is 0 Å². The van der Waals surface area contributed by atoms with E-state index in [2.05, 4.69) is 4.98 Å². The lowest BCUT2D eigenvalue weighted by Gasteiger charge is -2.04. The molecule has 0 radical (unpaired) electrons. The number of aromatic nitrogens is 1. The van der Waals surface area contributed by atoms with Crippen LogP contribution in [0.3, 0.4) is 0 Å². The van der Waals surface area contributed by atoms with Gasteiger partial charge in [0.2, 0.25) is 0 Å². The van der Waals surface area contributed by atoms with E-state index in [0.717, 1.165) is 4.90 Å². The molecule has 2 rings (SSSR count). The summed E-state index contributed by atoms with van der Waals surface area (Å²) in [5, 5.41) is 0.602. The van der Waals surface area contributed by atoms with Crippen LogP contribution in [0.4, 0.5) is 4.39 Å². The molecule has 4 heteroatoms. The second-order valence-electron chi connectivity index (χ2n) is 3.47. The van der Waals surface area contributed by atoms with Crippen molar-refractivity contribution in [3.63, 3.8) is 0 Å². The highest BCUT2D eigenvalue weighted by Crippen LogP contribution is 2.28. The number of hydrogen-bond donors (Lipinski definition) is 0. The van der Waals surface area contributed by atoms with Gasteiger partial charge in [-0.05, 0) is 37.3 Å². The second kappa shape index (κ2) is 5.10. The van der Waals surface area contributed by atoms with Crippen LogP contribution >= 0.6 is 11.8 Å². The molecule has 0 aliphatic carbocycles. The van der Waals surface area contributed by atoms with Crippen molar-refractivity contribution in [3.8, 4) is 0 Å². The highest BCUT2D eigenvalue weighted by atomic mass is 32.2. The molecule has 0 bridgehead atoms. The van der Waals surface area contributed by atoms with Gasteiger partial charge in [-0.2, -0.15) is 0 Å². The van der Waals surface area contributed by atoms with Crippen LogP contribution in [0.1, 0.15) is 17.3 Å². The largest absolute Gasteiger partial charge is 0.294 e. The molecule has 0 amide bonds. The first-order chi connectivity index (χ1) is 8.16. The molecule has 2 nitrogen and oxygen atoms in total. The fraction of sp³-hybridized carbons (Fsp3) is 0.0769. The maximum atomic E-state index is 13.0. The monoisotopic (exact) mass is 247 g/mol. The summed E-state index contributed by atoms with van der Waals surface area (Å²) in [5.74, 6) is -0.340. The molecule has 17 heavy (non-hydrogen) atoms. The van der Waals surface area contributed by atoms with Crippen LogP contribution in [0.5, 0.6) is 0 Å². The maximum Gasteiger partial charge on any atom is 0.162 e. The third-order valence-corrected chi connectivity index (χ3v) is 3.17. The molecular weight excluding hydrogens is 237 g/mol. The van der Waals surface area contributed by atoms with Crippen molar-refractivity contribution in [1.82, 2.24) is 4.98 Å². The summed E-state index contributed by atoms with van der Waals surface area (Å²) >= 11 is 1.28. The highest BCUT2D eigenvalue weighted by Gasteiger charge is 2.09. The fourth-order valence-corrected chi connectivity index (χ4v) is 2.36. The highest BCUT2D eigenvalue weighted by molar-refractivity contribution is 7.99. The lowest BCUT2D eigenvalue weighted by Crippen LogP contribution is -1.96. The van der Waals surface area contributed by atoms with E-state index in [0.29, 0.717) is 10.6 Å². The first-order valence-electron chi connectivity index (χ1n) is 5.06. The molecule has 1 aromatic carbocycles. The Morgan fingerprint density at radius 1 is 1.29 bits per heavy atom. The quantitative estimate of drug-likeness (QED) is 0.776. The predicted molar refractivity (Wildman–Crippen MR) is 64.8 cm³/mol. The van der Waals surface area contributed by atoms with Gasteiger partial charge in [-0.1, -0.05) is 17.8 Å². The van der Waals surface area contributed by atoms with E-state index in [1.807, 2.05) is 0 Å². The first-order valence-corrected chi connectivity index (χ1v) is 5.88. The molecule has 1 aromatic heterocycles. The summed E-state index contributed by atoms with van der Waals surface area (Å²) < 4.78 is 13.0. The van der Waals surface area contributed by atoms with E-state index in [4.69, 9.17) is 0 Å². The summed E-state index contributed by atoms with van der Waals surface area (Å²) in [5.41, 5.74) is 0.557. The van der Waals surface area contributed by atoms with Crippen molar-refractivity contribution in [2.45, 2.75) is 16.8 Å². The average molecular weight is 247 g/mol. The predicted octanol–water partition coefficient (Wildman–Crippen LogP) is 3.57. The van der Waals surface area contributed by atoms with Gasteiger partial charge in [0.05, 0.1) is 0 Å². The lowest BCUT2D eigenvalue weighted by atomic mass is 10.2. The average Bonchev–Trinajstić information content (AvgIpc) is 2.29. The van der Waals surface area contributed by atoms with E-state index in [-0.39, 0.29) is 11.6 Å². The minimum absolute atomic E-state index is 0.0444. The third kappa shape index (κ3) is 2.91. The number of rotatable bonds is 3. The summed E-state index contributed by atoms with van der Waals surface area (Å²) in [4.78, 5) is 16.3. The molecule has 0 unspecified atom stereocenters. The van der Waals surface area contributed by atoms with Gasteiger partial charge in [-0.25, -0.2) is 9.37 Å². The molecule has 0 saturated carbocycles. The third-order valence-electron chi connectivity index (χ3n) is 2.16. The molecule has 0 atom stereocenters. The standard InChI is InChI=1S/C13H10FNOS/c1-9(16)12-6-3-7-15-13(12)17-11-5-2-4-10(14)8-11/h2-8H,1H3. The van der Waals surface area contributed by atoms with Crippen molar-refractivity contribution >= 4 is 17.5 Å². The van der Waals surface area contributed by atoms with Gasteiger partial charge in [-0.3, -0.25) is 4.79 Å². The number of Topliss-reactive ketones (excluding diaryl/α,β-unsaturated/α-hetero) is 1. The molecule has 86 valence electrons. The molecule has 0 aliphatic rings. The zero-order chi connectivity index (χ0) is 12.3. The van der Waals surface area contributed by atoms with Crippen LogP contribution < -0.4 is 0 Å². The molecule has 1 heterocycles. The number of hydrogen-bond acceptors (Lipinski definition) is 3. The minimum Gasteiger partial charge on any atom is -0.294 e. The van der Waals surface area contributed by atoms with Gasteiger partial charge in [-0.15, -0.1) is 0 Å². The van der Waals surface area contributed by atoms with Gasteiger partial charge in [0, 0.05) is 16.7 Å². The van der Waals surface area contributed by atoms with Crippen molar-refractivity contribution in [3.05, 3.63) is 54.0 Å². The number of carbonyl (C=O) groups excluding carboxylic acids is 1. The van der Waals surface area contributed by atoms with Gasteiger partial charge < -0.3 is 0 Å². The van der Waals surface area contributed by atoms with E-state index in [1.54, 1.807) is 30.5 Å². The normalized spacial score (nSPS) is 10.2. The Morgan fingerprint density at radius 2 is 2.12 bits per heavy atom. The molecular formula is C13H10FNOS. The number of benzene rings is 1. The minimum atomic E-state index is -0.296. The van der Waals surface area contributed by atoms with Gasteiger partial charge in [0.15, 0.2) is 5.78 Å². The topological polar surface area (TPSA) is 30.0 Å². The summed E-state index contributed by atoms with van der Waals surface area (Å²) in [6, 6.07) is 9.65. The van der Waals surface area contributed by atoms with E-state index < -0.39 is 0 Å². The first kappa shape index (κ1) is 11.8. The number of halogens is 1. The van der Waals surface area contributed by atoms with Crippen molar-refractivity contribution < 1.29 is 9.18 Å². The van der Waals surface area contributed by atoms with Crippen molar-refractivity contribution in [1.29, 1.82) is 0 Å². The van der Waals surface area contributed by atoms with Crippen LogP contribution in [0.25, 0.3) is 0 Å². The summed E-state index contributed by atoms with van der Waals surface area (Å²) in [7, 11) is 0. The maximum absolute atomic E-state index is 13.0. The van der Waals surface area contributed by atoms with Gasteiger partial charge in [0.25, 0.3) is 0 Å². The fourth-order valence-electron chi connectivity index (χ4n) is 1.38. The SMILES string of the molecule is CC(=O)c1cccnc1Sc1cccc(F)c1. The van der Waals surface area contributed by atoms with E-state index >= 15 is 0 Å². The Labute approximate surface area is 103 Å². The summed E-state index contributed by atoms with van der Waals surface area (Å²) in [6.07, 6.45) is 1.62. The van der Waals surface area contributed by atoms with Crippen LogP contribution in [0.2, 0.25) is 0 Å². The van der Waals surface area contributed by atoms with Crippen LogP contribution in [-0.4, -0.2) is 10.8 Å². The van der Waals surface area contributed by atoms with Crippen LogP contribution in [0, 0.1) is 5.82 Å². The molecule has 0 saturated heterocycles. The smallest absolute Gasteiger partial charge is 0.162 e. The molecule has 0 N–H and O–H groups in total. The van der Waals surface area contributed by atoms with Crippen molar-refractivity contribution in [2.24, 2.45) is 0 Å². The molecule has 0 aliphatic heterocycles. The number of carbonyl (C=O) groups is 1. The Hall–Kier alpha value is -1.68. The zero-order valence-corrected chi connectivity index (χ0v) is 10.00. The number of pyridine rings is 1. The van der Waals surface area contributed by atoms with Crippen LogP contribution in [0.15, 0.2) is 52.5 Å². The Kier molecular flexibility index (Phi) is 3.54.